The van der Waals surface area contributed by atoms with Crippen LogP contribution in [0.1, 0.15) is 23.7 Å². The van der Waals surface area contributed by atoms with E-state index in [0.717, 1.165) is 4.90 Å². The van der Waals surface area contributed by atoms with E-state index in [4.69, 9.17) is 11.6 Å². The number of nitrogens with one attached hydrogen (secondary N) is 1. The van der Waals surface area contributed by atoms with Crippen molar-refractivity contribution >= 4 is 40.6 Å². The number of anilines is 2. The molecule has 5 nitrogen and oxygen atoms in total. The standard InChI is InChI=1S/C18H15ClN2O3/c1-11(22)12-5-4-6-13(9-12)20-15-10-17(23)21(18(15)24)16-8-3-2-7-14(16)19/h2-9,15,20H,10H2,1H3/t15-/m0/s1. The van der Waals surface area contributed by atoms with Gasteiger partial charge < -0.3 is 5.32 Å². The number of rotatable bonds is 4. The molecule has 0 aliphatic carbocycles. The molecule has 0 radical (unpaired) electrons. The summed E-state index contributed by atoms with van der Waals surface area (Å²) in [7, 11) is 0. The molecular formula is C18H15ClN2O3. The minimum atomic E-state index is -0.684. The van der Waals surface area contributed by atoms with E-state index < -0.39 is 6.04 Å². The van der Waals surface area contributed by atoms with Crippen molar-refractivity contribution in [2.24, 2.45) is 0 Å². The van der Waals surface area contributed by atoms with Crippen LogP contribution in [0.4, 0.5) is 11.4 Å². The molecule has 2 amide bonds. The molecule has 0 spiro atoms. The zero-order valence-electron chi connectivity index (χ0n) is 13.0. The van der Waals surface area contributed by atoms with E-state index in [0.29, 0.717) is 22.0 Å². The van der Waals surface area contributed by atoms with Crippen LogP contribution in [0.2, 0.25) is 5.02 Å². The lowest BCUT2D eigenvalue weighted by Gasteiger charge is -2.17. The van der Waals surface area contributed by atoms with Crippen molar-refractivity contribution in [2.45, 2.75) is 19.4 Å². The molecule has 1 saturated heterocycles. The number of carbonyl (C=O) groups excluding carboxylic acids is 3. The molecule has 1 aliphatic heterocycles. The summed E-state index contributed by atoms with van der Waals surface area (Å²) in [5.41, 5.74) is 1.55. The van der Waals surface area contributed by atoms with Crippen LogP contribution in [0.5, 0.6) is 0 Å². The number of hydrogen-bond donors (Lipinski definition) is 1. The van der Waals surface area contributed by atoms with Crippen LogP contribution in [0, 0.1) is 0 Å². The lowest BCUT2D eigenvalue weighted by Crippen LogP contribution is -2.35. The Morgan fingerprint density at radius 1 is 1.17 bits per heavy atom. The molecular weight excluding hydrogens is 328 g/mol. The Bertz CT molecular complexity index is 835. The Kier molecular flexibility index (Phi) is 4.36. The van der Waals surface area contributed by atoms with E-state index in [1.807, 2.05) is 0 Å². The molecule has 1 N–H and O–H groups in total. The van der Waals surface area contributed by atoms with E-state index in [-0.39, 0.29) is 24.0 Å². The smallest absolute Gasteiger partial charge is 0.256 e. The normalized spacial score (nSPS) is 17.2. The average molecular weight is 343 g/mol. The van der Waals surface area contributed by atoms with Gasteiger partial charge in [-0.3, -0.25) is 14.4 Å². The van der Waals surface area contributed by atoms with Crippen LogP contribution >= 0.6 is 11.6 Å². The van der Waals surface area contributed by atoms with E-state index in [1.54, 1.807) is 48.5 Å². The van der Waals surface area contributed by atoms with Crippen molar-refractivity contribution < 1.29 is 14.4 Å². The first-order valence-electron chi connectivity index (χ1n) is 7.46. The van der Waals surface area contributed by atoms with Gasteiger partial charge in [0.05, 0.1) is 17.1 Å². The highest BCUT2D eigenvalue weighted by molar-refractivity contribution is 6.36. The Morgan fingerprint density at radius 3 is 2.62 bits per heavy atom. The molecule has 1 atom stereocenters. The fourth-order valence-corrected chi connectivity index (χ4v) is 2.88. The highest BCUT2D eigenvalue weighted by Crippen LogP contribution is 2.30. The summed E-state index contributed by atoms with van der Waals surface area (Å²) in [6.45, 7) is 1.47. The first-order chi connectivity index (χ1) is 11.5. The lowest BCUT2D eigenvalue weighted by molar-refractivity contribution is -0.121. The largest absolute Gasteiger partial charge is 0.373 e. The van der Waals surface area contributed by atoms with Gasteiger partial charge in [0.25, 0.3) is 5.91 Å². The number of carbonyl (C=O) groups is 3. The predicted molar refractivity (Wildman–Crippen MR) is 92.4 cm³/mol. The van der Waals surface area contributed by atoms with Gasteiger partial charge in [-0.2, -0.15) is 0 Å². The van der Waals surface area contributed by atoms with Gasteiger partial charge in [0.1, 0.15) is 6.04 Å². The van der Waals surface area contributed by atoms with E-state index >= 15 is 0 Å². The summed E-state index contributed by atoms with van der Waals surface area (Å²) < 4.78 is 0. The van der Waals surface area contributed by atoms with Crippen LogP contribution in [0.3, 0.4) is 0 Å². The quantitative estimate of drug-likeness (QED) is 0.684. The summed E-state index contributed by atoms with van der Waals surface area (Å²) in [6, 6.07) is 12.9. The number of ketones is 1. The monoisotopic (exact) mass is 342 g/mol. The molecule has 1 fully saturated rings. The van der Waals surface area contributed by atoms with Crippen LogP contribution < -0.4 is 10.2 Å². The van der Waals surface area contributed by atoms with E-state index in [1.165, 1.54) is 6.92 Å². The zero-order valence-corrected chi connectivity index (χ0v) is 13.7. The third-order valence-electron chi connectivity index (χ3n) is 3.85. The van der Waals surface area contributed by atoms with Crippen molar-refractivity contribution in [3.63, 3.8) is 0 Å². The second-order valence-electron chi connectivity index (χ2n) is 5.56. The molecule has 1 heterocycles. The molecule has 0 unspecified atom stereocenters. The van der Waals surface area contributed by atoms with Crippen molar-refractivity contribution in [1.82, 2.24) is 0 Å². The zero-order chi connectivity index (χ0) is 17.3. The summed E-state index contributed by atoms with van der Waals surface area (Å²) in [5, 5.41) is 3.37. The number of amides is 2. The number of halogens is 1. The van der Waals surface area contributed by atoms with E-state index in [2.05, 4.69) is 5.32 Å². The molecule has 122 valence electrons. The molecule has 2 aromatic carbocycles. The number of para-hydroxylation sites is 1. The molecule has 3 rings (SSSR count). The average Bonchev–Trinajstić information content (AvgIpc) is 2.82. The number of Topliss-reactive ketones (excluding diaryl/α,β-unsaturated/α-hetero) is 1. The van der Waals surface area contributed by atoms with Gasteiger partial charge >= 0.3 is 0 Å². The number of imide groups is 1. The topological polar surface area (TPSA) is 66.5 Å². The fraction of sp³-hybridized carbons (Fsp3) is 0.167. The van der Waals surface area contributed by atoms with Gasteiger partial charge in [0, 0.05) is 11.3 Å². The van der Waals surface area contributed by atoms with Gasteiger partial charge in [-0.05, 0) is 31.2 Å². The first kappa shape index (κ1) is 16.2. The van der Waals surface area contributed by atoms with Gasteiger partial charge in [0.2, 0.25) is 5.91 Å². The summed E-state index contributed by atoms with van der Waals surface area (Å²) >= 11 is 6.09. The summed E-state index contributed by atoms with van der Waals surface area (Å²) in [5.74, 6) is -0.736. The molecule has 0 saturated carbocycles. The first-order valence-corrected chi connectivity index (χ1v) is 7.84. The Morgan fingerprint density at radius 2 is 1.92 bits per heavy atom. The number of nitrogens with zero attached hydrogens (tertiary/aromatic N) is 1. The van der Waals surface area contributed by atoms with E-state index in [9.17, 15) is 14.4 Å². The van der Waals surface area contributed by atoms with Crippen LogP contribution in [-0.4, -0.2) is 23.6 Å². The minimum Gasteiger partial charge on any atom is -0.373 e. The molecule has 24 heavy (non-hydrogen) atoms. The molecule has 2 aromatic rings. The minimum absolute atomic E-state index is 0.0361. The second kappa shape index (κ2) is 6.45. The molecule has 1 aliphatic rings. The Balaban J connectivity index is 1.83. The number of benzene rings is 2. The Hall–Kier alpha value is -2.66. The van der Waals surface area contributed by atoms with Crippen molar-refractivity contribution in [1.29, 1.82) is 0 Å². The third kappa shape index (κ3) is 3.03. The lowest BCUT2D eigenvalue weighted by atomic mass is 10.1. The second-order valence-corrected chi connectivity index (χ2v) is 5.96. The Labute approximate surface area is 144 Å². The maximum Gasteiger partial charge on any atom is 0.256 e. The third-order valence-corrected chi connectivity index (χ3v) is 4.17. The number of hydrogen-bond acceptors (Lipinski definition) is 4. The van der Waals surface area contributed by atoms with Gasteiger partial charge in [0.15, 0.2) is 5.78 Å². The fourth-order valence-electron chi connectivity index (χ4n) is 2.66. The van der Waals surface area contributed by atoms with Gasteiger partial charge in [-0.25, -0.2) is 4.90 Å². The van der Waals surface area contributed by atoms with Gasteiger partial charge in [-0.15, -0.1) is 0 Å². The molecule has 0 bridgehead atoms. The predicted octanol–water partition coefficient (Wildman–Crippen LogP) is 3.29. The van der Waals surface area contributed by atoms with Crippen molar-refractivity contribution in [3.8, 4) is 0 Å². The molecule has 0 aromatic heterocycles. The van der Waals surface area contributed by atoms with Gasteiger partial charge in [-0.1, -0.05) is 35.9 Å². The highest BCUT2D eigenvalue weighted by Gasteiger charge is 2.40. The maximum absolute atomic E-state index is 12.6. The highest BCUT2D eigenvalue weighted by atomic mass is 35.5. The van der Waals surface area contributed by atoms with Crippen molar-refractivity contribution in [3.05, 3.63) is 59.1 Å². The van der Waals surface area contributed by atoms with Crippen LogP contribution in [0.15, 0.2) is 48.5 Å². The van der Waals surface area contributed by atoms with Crippen LogP contribution in [-0.2, 0) is 9.59 Å². The summed E-state index contributed by atoms with van der Waals surface area (Å²) in [6.07, 6.45) is 0.0361. The molecule has 6 heteroatoms. The SMILES string of the molecule is CC(=O)c1cccc(N[C@H]2CC(=O)N(c3ccccc3Cl)C2=O)c1. The summed E-state index contributed by atoms with van der Waals surface area (Å²) in [4.78, 5) is 37.4. The maximum atomic E-state index is 12.6. The van der Waals surface area contributed by atoms with Crippen molar-refractivity contribution in [2.75, 3.05) is 10.2 Å². The van der Waals surface area contributed by atoms with Crippen LogP contribution in [0.25, 0.3) is 0 Å².